The Morgan fingerprint density at radius 2 is 2.12 bits per heavy atom. The number of nitrogens with zero attached hydrogens (tertiary/aromatic N) is 2. The molecule has 2 heterocycles. The van der Waals surface area contributed by atoms with E-state index < -0.39 is 0 Å². The first kappa shape index (κ1) is 16.7. The number of carbonyl (C=O) groups excluding carboxylic acids is 1. The number of amides is 1. The molecule has 128 valence electrons. The van der Waals surface area contributed by atoms with Crippen molar-refractivity contribution in [3.8, 4) is 0 Å². The molecule has 1 atom stereocenters. The van der Waals surface area contributed by atoms with E-state index in [0.717, 1.165) is 30.0 Å². The molecule has 24 heavy (non-hydrogen) atoms. The normalized spacial score (nSPS) is 17.5. The average Bonchev–Trinajstić information content (AvgIpc) is 2.99. The minimum atomic E-state index is -0.113. The summed E-state index contributed by atoms with van der Waals surface area (Å²) in [7, 11) is 1.78. The van der Waals surface area contributed by atoms with Crippen molar-refractivity contribution in [2.24, 2.45) is 0 Å². The zero-order valence-corrected chi connectivity index (χ0v) is 14.2. The molecule has 0 bridgehead atoms. The van der Waals surface area contributed by atoms with E-state index >= 15 is 0 Å². The van der Waals surface area contributed by atoms with Crippen LogP contribution in [0.5, 0.6) is 0 Å². The lowest BCUT2D eigenvalue weighted by Gasteiger charge is -2.36. The molecular weight excluding hydrogens is 304 g/mol. The van der Waals surface area contributed by atoms with E-state index in [2.05, 4.69) is 11.0 Å². The quantitative estimate of drug-likeness (QED) is 0.914. The Labute approximate surface area is 142 Å². The highest BCUT2D eigenvalue weighted by Gasteiger charge is 2.28. The topological polar surface area (TPSA) is 56.9 Å². The lowest BCUT2D eigenvalue weighted by atomic mass is 9.93. The first-order valence-electron chi connectivity index (χ1n) is 8.30. The second kappa shape index (κ2) is 7.20. The van der Waals surface area contributed by atoms with Crippen LogP contribution in [0.25, 0.3) is 0 Å². The third kappa shape index (κ3) is 3.52. The van der Waals surface area contributed by atoms with Gasteiger partial charge in [0.25, 0.3) is 0 Å². The number of likely N-dealkylation sites (N-methyl/N-ethyl adjacent to an activating group) is 1. The van der Waals surface area contributed by atoms with E-state index in [1.165, 1.54) is 5.56 Å². The highest BCUT2D eigenvalue weighted by molar-refractivity contribution is 5.78. The Morgan fingerprint density at radius 3 is 2.83 bits per heavy atom. The molecule has 3 rings (SSSR count). The zero-order valence-electron chi connectivity index (χ0n) is 14.2. The van der Waals surface area contributed by atoms with Crippen LogP contribution < -0.4 is 0 Å². The Kier molecular flexibility index (Phi) is 5.02. The fourth-order valence-electron chi connectivity index (χ4n) is 3.29. The Balaban J connectivity index is 1.65. The molecule has 1 aromatic heterocycles. The highest BCUT2D eigenvalue weighted by atomic mass is 16.3. The molecule has 1 aliphatic heterocycles. The molecule has 0 fully saturated rings. The van der Waals surface area contributed by atoms with Crippen molar-refractivity contribution in [2.75, 3.05) is 26.7 Å². The van der Waals surface area contributed by atoms with Crippen molar-refractivity contribution in [3.63, 3.8) is 0 Å². The number of aliphatic hydroxyl groups is 1. The predicted molar refractivity (Wildman–Crippen MR) is 91.5 cm³/mol. The largest absolute Gasteiger partial charge is 0.464 e. The molecular formula is C19H24N2O3. The van der Waals surface area contributed by atoms with Crippen LogP contribution in [0.3, 0.4) is 0 Å². The summed E-state index contributed by atoms with van der Waals surface area (Å²) in [6.45, 7) is 3.45. The lowest BCUT2D eigenvalue weighted by Crippen LogP contribution is -2.44. The van der Waals surface area contributed by atoms with Crippen molar-refractivity contribution in [2.45, 2.75) is 25.9 Å². The van der Waals surface area contributed by atoms with Gasteiger partial charge in [-0.05, 0) is 36.6 Å². The molecule has 2 aromatic rings. The zero-order chi connectivity index (χ0) is 17.1. The molecule has 1 amide bonds. The van der Waals surface area contributed by atoms with Crippen LogP contribution in [0.4, 0.5) is 0 Å². The smallest absolute Gasteiger partial charge is 0.236 e. The maximum absolute atomic E-state index is 12.6. The average molecular weight is 328 g/mol. The molecule has 0 saturated heterocycles. The van der Waals surface area contributed by atoms with Crippen molar-refractivity contribution in [3.05, 3.63) is 59.0 Å². The van der Waals surface area contributed by atoms with Gasteiger partial charge in [0.05, 0.1) is 25.7 Å². The molecule has 5 heteroatoms. The van der Waals surface area contributed by atoms with Gasteiger partial charge in [-0.25, -0.2) is 0 Å². The number of aryl methyl sites for hydroxylation is 1. The first-order valence-corrected chi connectivity index (χ1v) is 8.30. The van der Waals surface area contributed by atoms with Gasteiger partial charge in [-0.15, -0.1) is 0 Å². The minimum Gasteiger partial charge on any atom is -0.464 e. The number of hydrogen-bond acceptors (Lipinski definition) is 4. The SMILES string of the molecule is Cc1ccc(CN(C)C(=O)CN2CCc3ccccc3C2CO)o1. The van der Waals surface area contributed by atoms with E-state index in [1.54, 1.807) is 11.9 Å². The first-order chi connectivity index (χ1) is 11.6. The number of furan rings is 1. The van der Waals surface area contributed by atoms with E-state index in [9.17, 15) is 9.90 Å². The second-order valence-corrected chi connectivity index (χ2v) is 6.38. The number of aliphatic hydroxyl groups excluding tert-OH is 1. The van der Waals surface area contributed by atoms with E-state index in [-0.39, 0.29) is 18.6 Å². The molecule has 1 aromatic carbocycles. The lowest BCUT2D eigenvalue weighted by molar-refractivity contribution is -0.132. The maximum atomic E-state index is 12.6. The van der Waals surface area contributed by atoms with Gasteiger partial charge in [-0.2, -0.15) is 0 Å². The molecule has 1 N–H and O–H groups in total. The summed E-state index contributed by atoms with van der Waals surface area (Å²) < 4.78 is 5.54. The molecule has 0 spiro atoms. The summed E-state index contributed by atoms with van der Waals surface area (Å²) in [5.41, 5.74) is 2.39. The number of fused-ring (bicyclic) bond motifs is 1. The van der Waals surface area contributed by atoms with Crippen molar-refractivity contribution in [1.82, 2.24) is 9.80 Å². The molecule has 0 saturated carbocycles. The van der Waals surface area contributed by atoms with Crippen LogP contribution in [0, 0.1) is 6.92 Å². The Morgan fingerprint density at radius 1 is 1.33 bits per heavy atom. The third-order valence-electron chi connectivity index (χ3n) is 4.65. The Hall–Kier alpha value is -2.11. The fourth-order valence-corrected chi connectivity index (χ4v) is 3.29. The van der Waals surface area contributed by atoms with Gasteiger partial charge in [0, 0.05) is 13.6 Å². The van der Waals surface area contributed by atoms with Crippen molar-refractivity contribution >= 4 is 5.91 Å². The van der Waals surface area contributed by atoms with Crippen molar-refractivity contribution in [1.29, 1.82) is 0 Å². The predicted octanol–water partition coefficient (Wildman–Crippen LogP) is 2.14. The summed E-state index contributed by atoms with van der Waals surface area (Å²) in [6, 6.07) is 11.8. The summed E-state index contributed by atoms with van der Waals surface area (Å²) in [5.74, 6) is 1.66. The summed E-state index contributed by atoms with van der Waals surface area (Å²) >= 11 is 0. The number of hydrogen-bond donors (Lipinski definition) is 1. The number of benzene rings is 1. The van der Waals surface area contributed by atoms with Crippen molar-refractivity contribution < 1.29 is 14.3 Å². The minimum absolute atomic E-state index is 0.0192. The van der Waals surface area contributed by atoms with E-state index in [1.807, 2.05) is 37.3 Å². The van der Waals surface area contributed by atoms with Gasteiger partial charge >= 0.3 is 0 Å². The highest BCUT2D eigenvalue weighted by Crippen LogP contribution is 2.29. The van der Waals surface area contributed by atoms with Crippen LogP contribution in [-0.4, -0.2) is 47.6 Å². The van der Waals surface area contributed by atoms with Gasteiger partial charge in [0.15, 0.2) is 0 Å². The summed E-state index contributed by atoms with van der Waals surface area (Å²) in [6.07, 6.45) is 0.904. The summed E-state index contributed by atoms with van der Waals surface area (Å²) in [5, 5.41) is 9.82. The van der Waals surface area contributed by atoms with Gasteiger partial charge < -0.3 is 14.4 Å². The van der Waals surface area contributed by atoms with Gasteiger partial charge in [-0.3, -0.25) is 9.69 Å². The van der Waals surface area contributed by atoms with Crippen LogP contribution >= 0.6 is 0 Å². The number of rotatable bonds is 5. The molecule has 1 unspecified atom stereocenters. The van der Waals surface area contributed by atoms with E-state index in [4.69, 9.17) is 4.42 Å². The number of carbonyl (C=O) groups is 1. The molecule has 1 aliphatic rings. The summed E-state index contributed by atoms with van der Waals surface area (Å²) in [4.78, 5) is 16.3. The third-order valence-corrected chi connectivity index (χ3v) is 4.65. The van der Waals surface area contributed by atoms with Crippen LogP contribution in [0.15, 0.2) is 40.8 Å². The Bertz CT molecular complexity index is 710. The standard InChI is InChI=1S/C19H24N2O3/c1-14-7-8-16(24-14)11-20(2)19(23)12-21-10-9-15-5-3-4-6-17(15)18(21)13-22/h3-8,18,22H,9-13H2,1-2H3. The van der Waals surface area contributed by atoms with Crippen LogP contribution in [0.1, 0.15) is 28.7 Å². The van der Waals surface area contributed by atoms with E-state index in [0.29, 0.717) is 13.1 Å². The second-order valence-electron chi connectivity index (χ2n) is 6.38. The molecule has 0 aliphatic carbocycles. The van der Waals surface area contributed by atoms with Gasteiger partial charge in [0.2, 0.25) is 5.91 Å². The fraction of sp³-hybridized carbons (Fsp3) is 0.421. The van der Waals surface area contributed by atoms with Gasteiger partial charge in [0.1, 0.15) is 11.5 Å². The van der Waals surface area contributed by atoms with Gasteiger partial charge in [-0.1, -0.05) is 24.3 Å². The molecule has 5 nitrogen and oxygen atoms in total. The monoisotopic (exact) mass is 328 g/mol. The maximum Gasteiger partial charge on any atom is 0.236 e. The van der Waals surface area contributed by atoms with Crippen LogP contribution in [0.2, 0.25) is 0 Å². The molecule has 0 radical (unpaired) electrons. The van der Waals surface area contributed by atoms with Crippen LogP contribution in [-0.2, 0) is 17.8 Å².